The van der Waals surface area contributed by atoms with Crippen molar-refractivity contribution in [1.82, 2.24) is 4.90 Å². The van der Waals surface area contributed by atoms with Gasteiger partial charge in [-0.1, -0.05) is 49.4 Å². The normalized spacial score (nSPS) is 19.1. The summed E-state index contributed by atoms with van der Waals surface area (Å²) >= 11 is 0. The van der Waals surface area contributed by atoms with Crippen molar-refractivity contribution < 1.29 is 5.11 Å². The first-order chi connectivity index (χ1) is 13.2. The maximum Gasteiger partial charge on any atom is 0.102 e. The van der Waals surface area contributed by atoms with Gasteiger partial charge in [0.25, 0.3) is 0 Å². The standard InChI is InChI=1S/C24H30N2O.ClH/c1-19(27)22-11-6-7-16-25(22)17-8-18-26-23-12-4-2-9-20(23)14-15-21-10-3-5-13-24(21)26;/h2-5,9-10,12-13,22,27H,1,6-8,11,14-18H2;1H. The van der Waals surface area contributed by atoms with Crippen LogP contribution in [0.3, 0.4) is 0 Å². The van der Waals surface area contributed by atoms with Crippen molar-refractivity contribution in [3.8, 4) is 0 Å². The number of aryl methyl sites for hydroxylation is 2. The number of aliphatic hydroxyl groups excluding tert-OH is 1. The molecule has 0 amide bonds. The fraction of sp³-hybridized carbons (Fsp3) is 0.417. The largest absolute Gasteiger partial charge is 0.511 e. The second kappa shape index (κ2) is 9.49. The molecule has 2 aromatic rings. The van der Waals surface area contributed by atoms with Crippen LogP contribution in [-0.2, 0) is 12.8 Å². The molecular formula is C24H31ClN2O. The number of aliphatic hydroxyl groups is 1. The Morgan fingerprint density at radius 2 is 1.54 bits per heavy atom. The molecule has 150 valence electrons. The third kappa shape index (κ3) is 4.37. The van der Waals surface area contributed by atoms with Gasteiger partial charge in [-0.15, -0.1) is 12.4 Å². The van der Waals surface area contributed by atoms with Gasteiger partial charge in [0, 0.05) is 24.5 Å². The molecule has 2 heterocycles. The van der Waals surface area contributed by atoms with Crippen LogP contribution in [0.15, 0.2) is 60.9 Å². The van der Waals surface area contributed by atoms with E-state index in [9.17, 15) is 5.11 Å². The Kier molecular flexibility index (Phi) is 7.03. The Morgan fingerprint density at radius 1 is 0.929 bits per heavy atom. The maximum atomic E-state index is 9.95. The van der Waals surface area contributed by atoms with Gasteiger partial charge in [0.15, 0.2) is 0 Å². The zero-order chi connectivity index (χ0) is 18.6. The number of benzene rings is 2. The van der Waals surface area contributed by atoms with Gasteiger partial charge >= 0.3 is 0 Å². The van der Waals surface area contributed by atoms with Gasteiger partial charge < -0.3 is 10.0 Å². The topological polar surface area (TPSA) is 26.7 Å². The molecule has 0 radical (unpaired) electrons. The molecule has 4 heteroatoms. The molecule has 0 aromatic heterocycles. The van der Waals surface area contributed by atoms with Crippen LogP contribution in [0, 0.1) is 0 Å². The predicted octanol–water partition coefficient (Wildman–Crippen LogP) is 5.66. The third-order valence-electron chi connectivity index (χ3n) is 6.05. The van der Waals surface area contributed by atoms with Crippen LogP contribution in [0.5, 0.6) is 0 Å². The predicted molar refractivity (Wildman–Crippen MR) is 120 cm³/mol. The van der Waals surface area contributed by atoms with Crippen LogP contribution in [0.25, 0.3) is 0 Å². The Morgan fingerprint density at radius 3 is 2.14 bits per heavy atom. The summed E-state index contributed by atoms with van der Waals surface area (Å²) < 4.78 is 0. The van der Waals surface area contributed by atoms with E-state index in [-0.39, 0.29) is 18.4 Å². The van der Waals surface area contributed by atoms with E-state index in [2.05, 4.69) is 64.9 Å². The van der Waals surface area contributed by atoms with Gasteiger partial charge in [-0.25, -0.2) is 0 Å². The lowest BCUT2D eigenvalue weighted by molar-refractivity contribution is 0.134. The summed E-state index contributed by atoms with van der Waals surface area (Å²) in [4.78, 5) is 4.92. The van der Waals surface area contributed by atoms with Crippen molar-refractivity contribution >= 4 is 23.8 Å². The van der Waals surface area contributed by atoms with E-state index >= 15 is 0 Å². The van der Waals surface area contributed by atoms with Gasteiger partial charge in [-0.3, -0.25) is 4.90 Å². The lowest BCUT2D eigenvalue weighted by Crippen LogP contribution is -2.41. The van der Waals surface area contributed by atoms with Gasteiger partial charge in [-0.2, -0.15) is 0 Å². The number of likely N-dealkylation sites (tertiary alicyclic amines) is 1. The van der Waals surface area contributed by atoms with Crippen LogP contribution in [0.1, 0.15) is 36.8 Å². The maximum absolute atomic E-state index is 9.95. The summed E-state index contributed by atoms with van der Waals surface area (Å²) in [5, 5.41) is 9.95. The highest BCUT2D eigenvalue weighted by molar-refractivity contribution is 5.85. The van der Waals surface area contributed by atoms with Crippen LogP contribution in [0.2, 0.25) is 0 Å². The van der Waals surface area contributed by atoms with Crippen molar-refractivity contribution in [1.29, 1.82) is 0 Å². The van der Waals surface area contributed by atoms with Crippen molar-refractivity contribution in [3.05, 3.63) is 72.0 Å². The zero-order valence-electron chi connectivity index (χ0n) is 16.5. The molecule has 1 fully saturated rings. The highest BCUT2D eigenvalue weighted by Crippen LogP contribution is 2.36. The summed E-state index contributed by atoms with van der Waals surface area (Å²) in [5.41, 5.74) is 5.58. The summed E-state index contributed by atoms with van der Waals surface area (Å²) in [6.45, 7) is 6.87. The summed E-state index contributed by atoms with van der Waals surface area (Å²) in [5.74, 6) is 0.333. The molecule has 2 aliphatic heterocycles. The Bertz CT molecular complexity index is 759. The monoisotopic (exact) mass is 398 g/mol. The highest BCUT2D eigenvalue weighted by Gasteiger charge is 2.25. The average molecular weight is 399 g/mol. The van der Waals surface area contributed by atoms with Gasteiger partial charge in [0.05, 0.1) is 6.04 Å². The van der Waals surface area contributed by atoms with Crippen LogP contribution in [-0.4, -0.2) is 35.7 Å². The molecule has 28 heavy (non-hydrogen) atoms. The van der Waals surface area contributed by atoms with E-state index in [1.54, 1.807) is 0 Å². The van der Waals surface area contributed by atoms with Crippen LogP contribution < -0.4 is 4.90 Å². The molecule has 0 spiro atoms. The molecular weight excluding hydrogens is 368 g/mol. The van der Waals surface area contributed by atoms with Gasteiger partial charge in [0.1, 0.15) is 5.76 Å². The quantitative estimate of drug-likeness (QED) is 0.658. The third-order valence-corrected chi connectivity index (χ3v) is 6.05. The molecule has 4 rings (SSSR count). The van der Waals surface area contributed by atoms with E-state index in [4.69, 9.17) is 0 Å². The molecule has 3 nitrogen and oxygen atoms in total. The molecule has 0 bridgehead atoms. The summed E-state index contributed by atoms with van der Waals surface area (Å²) in [7, 11) is 0. The molecule has 1 saturated heterocycles. The van der Waals surface area contributed by atoms with Crippen molar-refractivity contribution in [2.75, 3.05) is 24.5 Å². The Labute approximate surface area is 175 Å². The molecule has 1 unspecified atom stereocenters. The van der Waals surface area contributed by atoms with Crippen LogP contribution in [0.4, 0.5) is 11.4 Å². The minimum Gasteiger partial charge on any atom is -0.511 e. The molecule has 2 aliphatic rings. The van der Waals surface area contributed by atoms with E-state index in [1.165, 1.54) is 35.3 Å². The van der Waals surface area contributed by atoms with Gasteiger partial charge in [-0.05, 0) is 61.9 Å². The average Bonchev–Trinajstić information content (AvgIpc) is 2.86. The van der Waals surface area contributed by atoms with Crippen molar-refractivity contribution in [2.45, 2.75) is 44.6 Å². The molecule has 0 saturated carbocycles. The molecule has 2 aromatic carbocycles. The molecule has 1 atom stereocenters. The highest BCUT2D eigenvalue weighted by atomic mass is 35.5. The number of piperidine rings is 1. The number of anilines is 2. The van der Waals surface area contributed by atoms with E-state index in [1.807, 2.05) is 0 Å². The summed E-state index contributed by atoms with van der Waals surface area (Å²) in [6, 6.07) is 17.8. The number of hydrogen-bond acceptors (Lipinski definition) is 3. The second-order valence-corrected chi connectivity index (χ2v) is 7.80. The summed E-state index contributed by atoms with van der Waals surface area (Å²) in [6.07, 6.45) is 6.72. The Hall–Kier alpha value is -1.97. The number of fused-ring (bicyclic) bond motifs is 2. The van der Waals surface area contributed by atoms with E-state index in [0.717, 1.165) is 45.3 Å². The lowest BCUT2D eigenvalue weighted by Gasteiger charge is -2.35. The van der Waals surface area contributed by atoms with E-state index < -0.39 is 0 Å². The number of halogens is 1. The second-order valence-electron chi connectivity index (χ2n) is 7.80. The van der Waals surface area contributed by atoms with Crippen LogP contribution >= 0.6 is 12.4 Å². The smallest absolute Gasteiger partial charge is 0.102 e. The first-order valence-electron chi connectivity index (χ1n) is 10.3. The fourth-order valence-electron chi connectivity index (χ4n) is 4.68. The first-order valence-corrected chi connectivity index (χ1v) is 10.3. The molecule has 0 aliphatic carbocycles. The zero-order valence-corrected chi connectivity index (χ0v) is 17.3. The minimum absolute atomic E-state index is 0. The number of rotatable bonds is 5. The van der Waals surface area contributed by atoms with Crippen molar-refractivity contribution in [2.24, 2.45) is 0 Å². The van der Waals surface area contributed by atoms with E-state index in [0.29, 0.717) is 5.76 Å². The number of hydrogen-bond donors (Lipinski definition) is 1. The Balaban J connectivity index is 0.00000225. The first kappa shape index (κ1) is 20.8. The number of nitrogens with zero attached hydrogens (tertiary/aromatic N) is 2. The lowest BCUT2D eigenvalue weighted by atomic mass is 10.0. The fourth-order valence-corrected chi connectivity index (χ4v) is 4.68. The minimum atomic E-state index is 0. The van der Waals surface area contributed by atoms with Gasteiger partial charge in [0.2, 0.25) is 0 Å². The number of para-hydroxylation sites is 2. The SMILES string of the molecule is C=C(O)C1CCCCN1CCCN1c2ccccc2CCc2ccccc21.Cl. The molecule has 1 N–H and O–H groups in total. The van der Waals surface area contributed by atoms with Crippen molar-refractivity contribution in [3.63, 3.8) is 0 Å².